The lowest BCUT2D eigenvalue weighted by Gasteiger charge is -2.40. The first-order valence-corrected chi connectivity index (χ1v) is 8.23. The van der Waals surface area contributed by atoms with Crippen molar-refractivity contribution < 1.29 is 4.79 Å². The smallest absolute Gasteiger partial charge is 0.241 e. The van der Waals surface area contributed by atoms with Crippen molar-refractivity contribution >= 4 is 5.91 Å². The first-order valence-electron chi connectivity index (χ1n) is 8.23. The molecule has 5 nitrogen and oxygen atoms in total. The molecule has 0 bridgehead atoms. The van der Waals surface area contributed by atoms with Crippen LogP contribution in [0, 0.1) is 0 Å². The second-order valence-electron chi connectivity index (χ2n) is 6.57. The van der Waals surface area contributed by atoms with E-state index in [1.807, 2.05) is 0 Å². The molecule has 0 aromatic heterocycles. The third kappa shape index (κ3) is 3.15. The number of hydrogen-bond donors (Lipinski definition) is 2. The lowest BCUT2D eigenvalue weighted by atomic mass is 10.1. The molecule has 1 aliphatic carbocycles. The maximum absolute atomic E-state index is 12.5. The van der Waals surface area contributed by atoms with Crippen LogP contribution in [-0.2, 0) is 4.79 Å². The van der Waals surface area contributed by atoms with Crippen molar-refractivity contribution in [3.63, 3.8) is 0 Å². The number of nitrogens with one attached hydrogen (secondary N) is 2. The van der Waals surface area contributed by atoms with E-state index in [0.29, 0.717) is 6.04 Å². The van der Waals surface area contributed by atoms with Gasteiger partial charge in [-0.05, 0) is 19.8 Å². The Morgan fingerprint density at radius 1 is 1.00 bits per heavy atom. The minimum atomic E-state index is -0.0239. The van der Waals surface area contributed by atoms with Gasteiger partial charge in [0.15, 0.2) is 0 Å². The van der Waals surface area contributed by atoms with Gasteiger partial charge in [-0.3, -0.25) is 9.69 Å². The molecule has 114 valence electrons. The highest BCUT2D eigenvalue weighted by Gasteiger charge is 2.31. The fourth-order valence-electron chi connectivity index (χ4n) is 3.75. The Morgan fingerprint density at radius 3 is 2.30 bits per heavy atom. The number of rotatable bonds is 2. The van der Waals surface area contributed by atoms with E-state index in [-0.39, 0.29) is 11.9 Å². The molecule has 2 aliphatic heterocycles. The van der Waals surface area contributed by atoms with Gasteiger partial charge in [0.2, 0.25) is 5.91 Å². The molecule has 20 heavy (non-hydrogen) atoms. The number of carbonyl (C=O) groups excluding carboxylic acids is 1. The van der Waals surface area contributed by atoms with Crippen molar-refractivity contribution in [3.05, 3.63) is 0 Å². The summed E-state index contributed by atoms with van der Waals surface area (Å²) < 4.78 is 0. The Labute approximate surface area is 122 Å². The molecule has 2 unspecified atom stereocenters. The summed E-state index contributed by atoms with van der Waals surface area (Å²) in [5.41, 5.74) is 0. The highest BCUT2D eigenvalue weighted by molar-refractivity contribution is 5.82. The van der Waals surface area contributed by atoms with Crippen LogP contribution in [0.25, 0.3) is 0 Å². The molecule has 2 heterocycles. The van der Waals surface area contributed by atoms with Crippen LogP contribution in [-0.4, -0.2) is 73.1 Å². The minimum Gasteiger partial charge on any atom is -0.339 e. The predicted octanol–water partition coefficient (Wildman–Crippen LogP) is 0.0231. The van der Waals surface area contributed by atoms with E-state index in [1.165, 1.54) is 25.7 Å². The number of nitrogens with zero attached hydrogens (tertiary/aromatic N) is 2. The topological polar surface area (TPSA) is 47.6 Å². The Kier molecular flexibility index (Phi) is 4.58. The molecule has 1 saturated carbocycles. The number of hydrogen-bond acceptors (Lipinski definition) is 4. The summed E-state index contributed by atoms with van der Waals surface area (Å²) in [5.74, 6) is 0.287. The minimum absolute atomic E-state index is 0.0239. The number of carbonyl (C=O) groups is 1. The van der Waals surface area contributed by atoms with E-state index < -0.39 is 0 Å². The molecule has 3 rings (SSSR count). The fourth-order valence-corrected chi connectivity index (χ4v) is 3.75. The zero-order valence-electron chi connectivity index (χ0n) is 12.6. The lowest BCUT2D eigenvalue weighted by molar-refractivity contribution is -0.135. The van der Waals surface area contributed by atoms with E-state index in [2.05, 4.69) is 27.4 Å². The van der Waals surface area contributed by atoms with Gasteiger partial charge in [0.1, 0.15) is 0 Å². The third-order valence-electron chi connectivity index (χ3n) is 5.11. The maximum atomic E-state index is 12.5. The molecule has 3 aliphatic rings. The van der Waals surface area contributed by atoms with Crippen molar-refractivity contribution in [3.8, 4) is 0 Å². The SMILES string of the molecule is CC1CNC(C(=O)N2CCN(C3CCCC3)CC2)CN1. The van der Waals surface area contributed by atoms with Gasteiger partial charge in [-0.25, -0.2) is 0 Å². The molecule has 0 aromatic carbocycles. The first-order chi connectivity index (χ1) is 9.74. The van der Waals surface area contributed by atoms with Crippen LogP contribution in [0.4, 0.5) is 0 Å². The number of amides is 1. The summed E-state index contributed by atoms with van der Waals surface area (Å²) >= 11 is 0. The Balaban J connectivity index is 1.46. The van der Waals surface area contributed by atoms with Crippen LogP contribution in [0.3, 0.4) is 0 Å². The van der Waals surface area contributed by atoms with Crippen LogP contribution in [0.2, 0.25) is 0 Å². The van der Waals surface area contributed by atoms with Crippen LogP contribution < -0.4 is 10.6 Å². The largest absolute Gasteiger partial charge is 0.339 e. The van der Waals surface area contributed by atoms with Crippen molar-refractivity contribution in [2.45, 2.75) is 50.7 Å². The van der Waals surface area contributed by atoms with E-state index in [9.17, 15) is 4.79 Å². The van der Waals surface area contributed by atoms with E-state index in [0.717, 1.165) is 45.3 Å². The fraction of sp³-hybridized carbons (Fsp3) is 0.933. The first kappa shape index (κ1) is 14.3. The Morgan fingerprint density at radius 2 is 1.70 bits per heavy atom. The quantitative estimate of drug-likeness (QED) is 0.749. The van der Waals surface area contributed by atoms with Crippen LogP contribution >= 0.6 is 0 Å². The van der Waals surface area contributed by atoms with Gasteiger partial charge in [0, 0.05) is 51.4 Å². The standard InChI is InChI=1S/C15H28N4O/c1-12-10-17-14(11-16-12)15(20)19-8-6-18(7-9-19)13-4-2-3-5-13/h12-14,16-17H,2-11H2,1H3. The zero-order chi connectivity index (χ0) is 13.9. The highest BCUT2D eigenvalue weighted by atomic mass is 16.2. The Bertz CT molecular complexity index is 327. The van der Waals surface area contributed by atoms with Crippen molar-refractivity contribution in [2.24, 2.45) is 0 Å². The molecular weight excluding hydrogens is 252 g/mol. The van der Waals surface area contributed by atoms with Crippen LogP contribution in [0.5, 0.6) is 0 Å². The Hall–Kier alpha value is -0.650. The van der Waals surface area contributed by atoms with Crippen molar-refractivity contribution in [1.82, 2.24) is 20.4 Å². The van der Waals surface area contributed by atoms with Crippen molar-refractivity contribution in [1.29, 1.82) is 0 Å². The van der Waals surface area contributed by atoms with E-state index >= 15 is 0 Å². The van der Waals surface area contributed by atoms with Gasteiger partial charge in [0.05, 0.1) is 6.04 Å². The summed E-state index contributed by atoms with van der Waals surface area (Å²) in [5, 5.41) is 6.75. The lowest BCUT2D eigenvalue weighted by Crippen LogP contribution is -2.62. The molecule has 0 spiro atoms. The average molecular weight is 280 g/mol. The van der Waals surface area contributed by atoms with Crippen LogP contribution in [0.15, 0.2) is 0 Å². The summed E-state index contributed by atoms with van der Waals surface area (Å²) in [6.45, 7) is 7.74. The predicted molar refractivity (Wildman–Crippen MR) is 79.7 cm³/mol. The normalized spacial score (nSPS) is 33.5. The number of piperazine rings is 2. The monoisotopic (exact) mass is 280 g/mol. The van der Waals surface area contributed by atoms with Gasteiger partial charge in [-0.15, -0.1) is 0 Å². The molecule has 2 saturated heterocycles. The highest BCUT2D eigenvalue weighted by Crippen LogP contribution is 2.24. The molecule has 2 N–H and O–H groups in total. The molecule has 0 aromatic rings. The van der Waals surface area contributed by atoms with Crippen LogP contribution in [0.1, 0.15) is 32.6 Å². The molecule has 1 amide bonds. The maximum Gasteiger partial charge on any atom is 0.241 e. The molecule has 0 radical (unpaired) electrons. The van der Waals surface area contributed by atoms with Gasteiger partial charge in [0.25, 0.3) is 0 Å². The summed E-state index contributed by atoms with van der Waals surface area (Å²) in [7, 11) is 0. The molecule has 2 atom stereocenters. The molecular formula is C15H28N4O. The zero-order valence-corrected chi connectivity index (χ0v) is 12.6. The van der Waals surface area contributed by atoms with Gasteiger partial charge < -0.3 is 15.5 Å². The molecule has 5 heteroatoms. The van der Waals surface area contributed by atoms with Gasteiger partial charge in [-0.2, -0.15) is 0 Å². The second kappa shape index (κ2) is 6.41. The summed E-state index contributed by atoms with van der Waals surface area (Å²) in [6, 6.07) is 1.24. The summed E-state index contributed by atoms with van der Waals surface area (Å²) in [6.07, 6.45) is 5.50. The third-order valence-corrected chi connectivity index (χ3v) is 5.11. The van der Waals surface area contributed by atoms with Crippen molar-refractivity contribution in [2.75, 3.05) is 39.3 Å². The average Bonchev–Trinajstić information content (AvgIpc) is 3.02. The second-order valence-corrected chi connectivity index (χ2v) is 6.57. The van der Waals surface area contributed by atoms with E-state index in [1.54, 1.807) is 0 Å². The van der Waals surface area contributed by atoms with E-state index in [4.69, 9.17) is 0 Å². The van der Waals surface area contributed by atoms with Gasteiger partial charge in [-0.1, -0.05) is 12.8 Å². The summed E-state index contributed by atoms with van der Waals surface area (Å²) in [4.78, 5) is 17.2. The van der Waals surface area contributed by atoms with Gasteiger partial charge >= 0.3 is 0 Å². The molecule has 3 fully saturated rings.